The normalized spacial score (nSPS) is 10.6. The van der Waals surface area contributed by atoms with Crippen LogP contribution in [0.1, 0.15) is 34.3 Å². The van der Waals surface area contributed by atoms with Crippen molar-refractivity contribution in [3.8, 4) is 0 Å². The number of rotatable bonds is 5. The van der Waals surface area contributed by atoms with Gasteiger partial charge in [-0.05, 0) is 41.7 Å². The highest BCUT2D eigenvalue weighted by Gasteiger charge is 2.20. The predicted octanol–water partition coefficient (Wildman–Crippen LogP) is 3.00. The summed E-state index contributed by atoms with van der Waals surface area (Å²) in [6, 6.07) is 5.26. The Balaban J connectivity index is 2.16. The maximum atomic E-state index is 12.5. The molecule has 0 aliphatic heterocycles. The molecular formula is C14H17ClN4OS. The average molecular weight is 325 g/mol. The van der Waals surface area contributed by atoms with Gasteiger partial charge in [-0.15, -0.1) is 5.10 Å². The fourth-order valence-corrected chi connectivity index (χ4v) is 2.87. The third kappa shape index (κ3) is 3.71. The van der Waals surface area contributed by atoms with Crippen LogP contribution in [0, 0.1) is 0 Å². The number of carbonyl (C=O) groups excluding carboxylic acids is 1. The molecule has 1 heterocycles. The summed E-state index contributed by atoms with van der Waals surface area (Å²) in [6.07, 6.45) is 1.68. The van der Waals surface area contributed by atoms with Gasteiger partial charge in [0.2, 0.25) is 0 Å². The van der Waals surface area contributed by atoms with Crippen LogP contribution in [0.5, 0.6) is 0 Å². The van der Waals surface area contributed by atoms with Crippen LogP contribution < -0.4 is 5.73 Å². The van der Waals surface area contributed by atoms with Crippen LogP contribution in [0.25, 0.3) is 0 Å². The topological polar surface area (TPSA) is 72.1 Å². The summed E-state index contributed by atoms with van der Waals surface area (Å²) in [5.74, 6) is -0.0908. The molecule has 0 aliphatic carbocycles. The zero-order valence-corrected chi connectivity index (χ0v) is 13.5. The lowest BCUT2D eigenvalue weighted by molar-refractivity contribution is 0.0788. The van der Waals surface area contributed by atoms with Crippen molar-refractivity contribution in [2.45, 2.75) is 26.3 Å². The molecule has 0 fully saturated rings. The van der Waals surface area contributed by atoms with Crippen LogP contribution in [0.2, 0.25) is 5.02 Å². The summed E-state index contributed by atoms with van der Waals surface area (Å²) in [6.45, 7) is 2.44. The first kappa shape index (κ1) is 15.7. The third-order valence-corrected chi connectivity index (χ3v) is 4.19. The van der Waals surface area contributed by atoms with E-state index in [-0.39, 0.29) is 5.91 Å². The number of amides is 1. The van der Waals surface area contributed by atoms with Crippen LogP contribution in [0.4, 0.5) is 5.69 Å². The highest BCUT2D eigenvalue weighted by Crippen LogP contribution is 2.22. The minimum absolute atomic E-state index is 0.0908. The molecule has 7 heteroatoms. The molecule has 21 heavy (non-hydrogen) atoms. The summed E-state index contributed by atoms with van der Waals surface area (Å²) in [7, 11) is 1.73. The number of nitrogen functional groups attached to an aromatic ring is 1. The van der Waals surface area contributed by atoms with Gasteiger partial charge in [0.05, 0.1) is 5.69 Å². The standard InChI is InChI=1S/C14H17ClN4OS/c1-3-4-12-13(21-18-17-12)14(20)19(2)8-9-7-10(16)5-6-11(9)15/h5-7H,3-4,8,16H2,1-2H3. The predicted molar refractivity (Wildman–Crippen MR) is 85.6 cm³/mol. The number of aryl methyl sites for hydroxylation is 1. The molecule has 2 aromatic rings. The molecule has 5 nitrogen and oxygen atoms in total. The maximum Gasteiger partial charge on any atom is 0.267 e. The van der Waals surface area contributed by atoms with Gasteiger partial charge in [0.1, 0.15) is 4.88 Å². The number of hydrogen-bond acceptors (Lipinski definition) is 5. The molecule has 0 aliphatic rings. The number of aromatic nitrogens is 2. The lowest BCUT2D eigenvalue weighted by Crippen LogP contribution is -2.26. The minimum Gasteiger partial charge on any atom is -0.399 e. The molecule has 0 atom stereocenters. The quantitative estimate of drug-likeness (QED) is 0.858. The van der Waals surface area contributed by atoms with Crippen molar-refractivity contribution in [3.63, 3.8) is 0 Å². The molecule has 0 unspecified atom stereocenters. The summed E-state index contributed by atoms with van der Waals surface area (Å²) in [5, 5.41) is 4.62. The Morgan fingerprint density at radius 1 is 1.48 bits per heavy atom. The van der Waals surface area contributed by atoms with E-state index in [1.165, 1.54) is 0 Å². The van der Waals surface area contributed by atoms with E-state index in [0.29, 0.717) is 22.1 Å². The van der Waals surface area contributed by atoms with Gasteiger partial charge in [-0.25, -0.2) is 0 Å². The van der Waals surface area contributed by atoms with E-state index in [1.54, 1.807) is 30.1 Å². The number of anilines is 1. The largest absolute Gasteiger partial charge is 0.399 e. The van der Waals surface area contributed by atoms with Crippen LogP contribution in [0.15, 0.2) is 18.2 Å². The van der Waals surface area contributed by atoms with Gasteiger partial charge in [-0.2, -0.15) is 0 Å². The van der Waals surface area contributed by atoms with Crippen molar-refractivity contribution in [1.29, 1.82) is 0 Å². The monoisotopic (exact) mass is 324 g/mol. The number of nitrogens with zero attached hydrogens (tertiary/aromatic N) is 3. The van der Waals surface area contributed by atoms with Crippen LogP contribution in [0.3, 0.4) is 0 Å². The SMILES string of the molecule is CCCc1nnsc1C(=O)N(C)Cc1cc(N)ccc1Cl. The number of benzene rings is 1. The first-order valence-electron chi connectivity index (χ1n) is 6.63. The van der Waals surface area contributed by atoms with Crippen LogP contribution in [-0.2, 0) is 13.0 Å². The molecule has 0 saturated heterocycles. The van der Waals surface area contributed by atoms with Crippen LogP contribution >= 0.6 is 23.1 Å². The van der Waals surface area contributed by atoms with E-state index in [2.05, 4.69) is 9.59 Å². The summed E-state index contributed by atoms with van der Waals surface area (Å²) in [5.41, 5.74) is 7.97. The van der Waals surface area contributed by atoms with Gasteiger partial charge in [-0.3, -0.25) is 4.79 Å². The maximum absolute atomic E-state index is 12.5. The Kier molecular flexibility index (Phi) is 5.14. The molecule has 1 aromatic heterocycles. The zero-order chi connectivity index (χ0) is 15.4. The van der Waals surface area contributed by atoms with Crippen molar-refractivity contribution in [3.05, 3.63) is 39.4 Å². The van der Waals surface area contributed by atoms with Gasteiger partial charge >= 0.3 is 0 Å². The van der Waals surface area contributed by atoms with Gasteiger partial charge in [0, 0.05) is 24.3 Å². The highest BCUT2D eigenvalue weighted by atomic mass is 35.5. The van der Waals surface area contributed by atoms with E-state index in [0.717, 1.165) is 35.6 Å². The Bertz CT molecular complexity index is 644. The molecular weight excluding hydrogens is 308 g/mol. The molecule has 0 saturated carbocycles. The number of halogens is 1. The van der Waals surface area contributed by atoms with Gasteiger partial charge in [0.25, 0.3) is 5.91 Å². The Morgan fingerprint density at radius 2 is 2.24 bits per heavy atom. The van der Waals surface area contributed by atoms with E-state index in [9.17, 15) is 4.79 Å². The molecule has 2 rings (SSSR count). The summed E-state index contributed by atoms with van der Waals surface area (Å²) < 4.78 is 3.88. The molecule has 2 N–H and O–H groups in total. The molecule has 0 spiro atoms. The van der Waals surface area contributed by atoms with Crippen molar-refractivity contribution in [2.24, 2.45) is 0 Å². The van der Waals surface area contributed by atoms with E-state index in [1.807, 2.05) is 6.92 Å². The summed E-state index contributed by atoms with van der Waals surface area (Å²) >= 11 is 7.27. The molecule has 1 aromatic carbocycles. The van der Waals surface area contributed by atoms with Crippen molar-refractivity contribution in [2.75, 3.05) is 12.8 Å². The van der Waals surface area contributed by atoms with E-state index >= 15 is 0 Å². The van der Waals surface area contributed by atoms with Gasteiger partial charge < -0.3 is 10.6 Å². The number of carbonyl (C=O) groups is 1. The molecule has 1 amide bonds. The molecule has 112 valence electrons. The second kappa shape index (κ2) is 6.87. The summed E-state index contributed by atoms with van der Waals surface area (Å²) in [4.78, 5) is 14.7. The van der Waals surface area contributed by atoms with E-state index in [4.69, 9.17) is 17.3 Å². The Labute approximate surface area is 132 Å². The fourth-order valence-electron chi connectivity index (χ4n) is 1.99. The third-order valence-electron chi connectivity index (χ3n) is 3.06. The van der Waals surface area contributed by atoms with E-state index < -0.39 is 0 Å². The Hall–Kier alpha value is -1.66. The van der Waals surface area contributed by atoms with Gasteiger partial charge in [-0.1, -0.05) is 29.4 Å². The lowest BCUT2D eigenvalue weighted by atomic mass is 10.1. The smallest absolute Gasteiger partial charge is 0.267 e. The highest BCUT2D eigenvalue weighted by molar-refractivity contribution is 7.07. The first-order valence-corrected chi connectivity index (χ1v) is 7.78. The minimum atomic E-state index is -0.0908. The van der Waals surface area contributed by atoms with Crippen molar-refractivity contribution >= 4 is 34.7 Å². The average Bonchev–Trinajstić information content (AvgIpc) is 2.90. The Morgan fingerprint density at radius 3 is 2.95 bits per heavy atom. The first-order chi connectivity index (χ1) is 10.0. The lowest BCUT2D eigenvalue weighted by Gasteiger charge is -2.17. The fraction of sp³-hybridized carbons (Fsp3) is 0.357. The zero-order valence-electron chi connectivity index (χ0n) is 12.0. The second-order valence-electron chi connectivity index (χ2n) is 4.81. The molecule has 0 radical (unpaired) electrons. The van der Waals surface area contributed by atoms with Crippen molar-refractivity contribution in [1.82, 2.24) is 14.5 Å². The number of hydrogen-bond donors (Lipinski definition) is 1. The van der Waals surface area contributed by atoms with Gasteiger partial charge in [0.15, 0.2) is 0 Å². The van der Waals surface area contributed by atoms with Crippen molar-refractivity contribution < 1.29 is 4.79 Å². The second-order valence-corrected chi connectivity index (χ2v) is 5.97. The van der Waals surface area contributed by atoms with Crippen LogP contribution in [-0.4, -0.2) is 27.4 Å². The number of nitrogens with two attached hydrogens (primary N) is 1. The molecule has 0 bridgehead atoms.